The Morgan fingerprint density at radius 2 is 1.92 bits per heavy atom. The van der Waals surface area contributed by atoms with Crippen LogP contribution in [0.25, 0.3) is 16.7 Å². The number of fused-ring (bicyclic) bond motifs is 3. The Labute approximate surface area is 152 Å². The van der Waals surface area contributed by atoms with E-state index in [1.807, 2.05) is 41.8 Å². The van der Waals surface area contributed by atoms with E-state index >= 15 is 0 Å². The maximum absolute atomic E-state index is 13.1. The van der Waals surface area contributed by atoms with E-state index < -0.39 is 0 Å². The molecule has 6 heteroatoms. The first-order valence-corrected chi connectivity index (χ1v) is 9.35. The molecule has 0 radical (unpaired) electrons. The van der Waals surface area contributed by atoms with E-state index in [0.29, 0.717) is 29.4 Å². The largest absolute Gasteiger partial charge is 0.294 e. The molecule has 0 unspecified atom stereocenters. The van der Waals surface area contributed by atoms with Crippen molar-refractivity contribution in [3.05, 3.63) is 80.4 Å². The standard InChI is InChI=1S/C20H15N3O2S/c24-16-10-12(17-7-4-8-26-17)9-14-15(16)11-21-19-18(14)20(25)23(22-19)13-5-2-1-3-6-13/h1-8,11-12H,9-10H2,(H,21,22)/t12-/m0/s1. The van der Waals surface area contributed by atoms with Crippen LogP contribution >= 0.6 is 11.3 Å². The van der Waals surface area contributed by atoms with Crippen LogP contribution in [-0.4, -0.2) is 20.5 Å². The lowest BCUT2D eigenvalue weighted by Crippen LogP contribution is -2.21. The summed E-state index contributed by atoms with van der Waals surface area (Å²) in [5.74, 6) is 0.186. The number of ketones is 1. The summed E-state index contributed by atoms with van der Waals surface area (Å²) in [7, 11) is 0. The van der Waals surface area contributed by atoms with Gasteiger partial charge in [0.05, 0.1) is 11.1 Å². The van der Waals surface area contributed by atoms with Gasteiger partial charge in [-0.15, -0.1) is 11.3 Å². The number of hydrogen-bond acceptors (Lipinski definition) is 4. The van der Waals surface area contributed by atoms with Crippen LogP contribution in [-0.2, 0) is 6.42 Å². The number of Topliss-reactive ketones (excluding diaryl/α,β-unsaturated/α-hetero) is 1. The highest BCUT2D eigenvalue weighted by Crippen LogP contribution is 2.36. The van der Waals surface area contributed by atoms with E-state index in [0.717, 1.165) is 11.3 Å². The summed E-state index contributed by atoms with van der Waals surface area (Å²) in [6.07, 6.45) is 2.76. The highest BCUT2D eigenvalue weighted by molar-refractivity contribution is 7.10. The topological polar surface area (TPSA) is 67.8 Å². The zero-order valence-corrected chi connectivity index (χ0v) is 14.6. The first-order valence-electron chi connectivity index (χ1n) is 8.47. The molecule has 1 N–H and O–H groups in total. The number of carbonyl (C=O) groups excluding carboxylic acids is 1. The average molecular weight is 361 g/mol. The van der Waals surface area contributed by atoms with Crippen LogP contribution in [0.1, 0.15) is 33.1 Å². The first kappa shape index (κ1) is 15.3. The first-order chi connectivity index (χ1) is 12.7. The Morgan fingerprint density at radius 3 is 2.69 bits per heavy atom. The lowest BCUT2D eigenvalue weighted by atomic mass is 9.82. The third kappa shape index (κ3) is 2.26. The molecule has 1 aliphatic carbocycles. The Hall–Kier alpha value is -2.99. The number of aromatic amines is 1. The molecule has 0 spiro atoms. The SMILES string of the molecule is O=C1C[C@@H](c2cccs2)Cc2c1cnc1[nH]n(-c3ccccc3)c(=O)c21. The maximum Gasteiger partial charge on any atom is 0.281 e. The number of H-pyrrole nitrogens is 1. The summed E-state index contributed by atoms with van der Waals surface area (Å²) >= 11 is 1.66. The molecule has 0 fully saturated rings. The highest BCUT2D eigenvalue weighted by Gasteiger charge is 2.30. The quantitative estimate of drug-likeness (QED) is 0.592. The Morgan fingerprint density at radius 1 is 1.08 bits per heavy atom. The van der Waals surface area contributed by atoms with Crippen molar-refractivity contribution in [2.24, 2.45) is 0 Å². The van der Waals surface area contributed by atoms with Gasteiger partial charge in [0.1, 0.15) is 0 Å². The fourth-order valence-electron chi connectivity index (χ4n) is 3.72. The van der Waals surface area contributed by atoms with Crippen molar-refractivity contribution in [2.75, 3.05) is 0 Å². The molecule has 0 bridgehead atoms. The molecule has 3 aromatic heterocycles. The number of hydrogen-bond donors (Lipinski definition) is 1. The monoisotopic (exact) mass is 361 g/mol. The van der Waals surface area contributed by atoms with E-state index in [1.54, 1.807) is 17.5 Å². The van der Waals surface area contributed by atoms with E-state index in [4.69, 9.17) is 0 Å². The van der Waals surface area contributed by atoms with Gasteiger partial charge >= 0.3 is 0 Å². The fraction of sp³-hybridized carbons (Fsp3) is 0.150. The van der Waals surface area contributed by atoms with Crippen molar-refractivity contribution < 1.29 is 4.79 Å². The van der Waals surface area contributed by atoms with Gasteiger partial charge in [0.2, 0.25) is 0 Å². The van der Waals surface area contributed by atoms with Crippen LogP contribution in [0.15, 0.2) is 58.8 Å². The van der Waals surface area contributed by atoms with E-state index in [-0.39, 0.29) is 17.3 Å². The van der Waals surface area contributed by atoms with Crippen LogP contribution in [0.4, 0.5) is 0 Å². The molecule has 1 aliphatic rings. The zero-order chi connectivity index (χ0) is 17.7. The van der Waals surface area contributed by atoms with Crippen molar-refractivity contribution in [3.63, 3.8) is 0 Å². The third-order valence-corrected chi connectivity index (χ3v) is 6.00. The third-order valence-electron chi connectivity index (χ3n) is 4.96. The van der Waals surface area contributed by atoms with Gasteiger partial charge in [-0.25, -0.2) is 9.67 Å². The highest BCUT2D eigenvalue weighted by atomic mass is 32.1. The van der Waals surface area contributed by atoms with Crippen LogP contribution in [0.2, 0.25) is 0 Å². The second-order valence-electron chi connectivity index (χ2n) is 6.51. The number of benzene rings is 1. The molecule has 5 nitrogen and oxygen atoms in total. The number of thiophene rings is 1. The van der Waals surface area contributed by atoms with Crippen LogP contribution in [0.3, 0.4) is 0 Å². The molecule has 0 saturated heterocycles. The fourth-order valence-corrected chi connectivity index (χ4v) is 4.55. The van der Waals surface area contributed by atoms with E-state index in [2.05, 4.69) is 16.1 Å². The van der Waals surface area contributed by atoms with Gasteiger partial charge in [-0.3, -0.25) is 14.7 Å². The molecule has 4 aromatic rings. The molecule has 5 rings (SSSR count). The molecule has 0 amide bonds. The zero-order valence-electron chi connectivity index (χ0n) is 13.8. The van der Waals surface area contributed by atoms with E-state index in [9.17, 15) is 9.59 Å². The summed E-state index contributed by atoms with van der Waals surface area (Å²) < 4.78 is 1.50. The summed E-state index contributed by atoms with van der Waals surface area (Å²) in [5, 5.41) is 5.63. The minimum atomic E-state index is -0.157. The van der Waals surface area contributed by atoms with Gasteiger partial charge in [0.15, 0.2) is 11.4 Å². The molecule has 3 heterocycles. The van der Waals surface area contributed by atoms with Crippen molar-refractivity contribution in [3.8, 4) is 5.69 Å². The summed E-state index contributed by atoms with van der Waals surface area (Å²) in [6.45, 7) is 0. The molecule has 0 saturated carbocycles. The van der Waals surface area contributed by atoms with Crippen molar-refractivity contribution in [2.45, 2.75) is 18.8 Å². The molecule has 26 heavy (non-hydrogen) atoms. The van der Waals surface area contributed by atoms with Crippen LogP contribution in [0, 0.1) is 0 Å². The summed E-state index contributed by atoms with van der Waals surface area (Å²) in [5.41, 5.74) is 2.52. The molecule has 128 valence electrons. The summed E-state index contributed by atoms with van der Waals surface area (Å²) in [4.78, 5) is 31.3. The normalized spacial score (nSPS) is 16.8. The second-order valence-corrected chi connectivity index (χ2v) is 7.48. The molecule has 0 aliphatic heterocycles. The number of nitrogens with one attached hydrogen (secondary N) is 1. The molecular weight excluding hydrogens is 346 g/mol. The van der Waals surface area contributed by atoms with Gasteiger partial charge in [-0.1, -0.05) is 24.3 Å². The van der Waals surface area contributed by atoms with Crippen LogP contribution in [0.5, 0.6) is 0 Å². The Bertz CT molecular complexity index is 1170. The summed E-state index contributed by atoms with van der Waals surface area (Å²) in [6, 6.07) is 13.5. The van der Waals surface area contributed by atoms with Crippen molar-refractivity contribution >= 4 is 28.2 Å². The van der Waals surface area contributed by atoms with E-state index in [1.165, 1.54) is 9.56 Å². The lowest BCUT2D eigenvalue weighted by molar-refractivity contribution is 0.0965. The van der Waals surface area contributed by atoms with Gasteiger partial charge in [0, 0.05) is 29.0 Å². The Balaban J connectivity index is 1.72. The van der Waals surface area contributed by atoms with Gasteiger partial charge in [-0.2, -0.15) is 0 Å². The lowest BCUT2D eigenvalue weighted by Gasteiger charge is -2.22. The van der Waals surface area contributed by atoms with Gasteiger partial charge in [-0.05, 0) is 35.6 Å². The molecule has 1 aromatic carbocycles. The van der Waals surface area contributed by atoms with Crippen molar-refractivity contribution in [1.82, 2.24) is 14.8 Å². The van der Waals surface area contributed by atoms with Gasteiger partial charge in [0.25, 0.3) is 5.56 Å². The molecule has 1 atom stereocenters. The predicted octanol–water partition coefficient (Wildman–Crippen LogP) is 3.69. The van der Waals surface area contributed by atoms with Crippen LogP contribution < -0.4 is 5.56 Å². The number of para-hydroxylation sites is 1. The minimum absolute atomic E-state index is 0.0610. The number of carbonyl (C=O) groups is 1. The predicted molar refractivity (Wildman–Crippen MR) is 101 cm³/mol. The number of pyridine rings is 1. The second kappa shape index (κ2) is 5.78. The van der Waals surface area contributed by atoms with Gasteiger partial charge < -0.3 is 0 Å². The molecular formula is C20H15N3O2S. The maximum atomic E-state index is 13.1. The average Bonchev–Trinajstić information content (AvgIpc) is 3.31. The smallest absolute Gasteiger partial charge is 0.281 e. The number of rotatable bonds is 2. The number of nitrogens with zero attached hydrogens (tertiary/aromatic N) is 2. The number of aromatic nitrogens is 3. The van der Waals surface area contributed by atoms with Crippen molar-refractivity contribution in [1.29, 1.82) is 0 Å². The Kier molecular flexibility index (Phi) is 3.39. The minimum Gasteiger partial charge on any atom is -0.294 e.